The third-order valence-corrected chi connectivity index (χ3v) is 4.14. The van der Waals surface area contributed by atoms with Crippen molar-refractivity contribution in [3.05, 3.63) is 48.5 Å². The molecule has 0 radical (unpaired) electrons. The van der Waals surface area contributed by atoms with Gasteiger partial charge in [0.15, 0.2) is 17.6 Å². The fraction of sp³-hybridized carbons (Fsp3) is 0.278. The summed E-state index contributed by atoms with van der Waals surface area (Å²) in [5.41, 5.74) is 0.805. The van der Waals surface area contributed by atoms with Gasteiger partial charge in [-0.2, -0.15) is 0 Å². The first-order valence-electron chi connectivity index (χ1n) is 7.48. The standard InChI is InChI=1S/C18H21NO3S/c1-4-23-17-12-8-5-9-14(17)19-18(20)13(2)22-16-11-7-6-10-15(16)21-3/h5-13H,4H2,1-3H3,(H,19,20)/t13-/m1/s1. The Morgan fingerprint density at radius 3 is 2.48 bits per heavy atom. The number of hydrogen-bond donors (Lipinski definition) is 1. The van der Waals surface area contributed by atoms with Crippen LogP contribution in [0, 0.1) is 0 Å². The molecule has 5 heteroatoms. The van der Waals surface area contributed by atoms with Crippen LogP contribution in [0.5, 0.6) is 11.5 Å². The molecular formula is C18H21NO3S. The smallest absolute Gasteiger partial charge is 0.265 e. The molecule has 4 nitrogen and oxygen atoms in total. The Bertz CT molecular complexity index is 660. The van der Waals surface area contributed by atoms with E-state index in [-0.39, 0.29) is 5.91 Å². The first-order chi connectivity index (χ1) is 11.2. The van der Waals surface area contributed by atoms with Gasteiger partial charge in [-0.05, 0) is 36.9 Å². The lowest BCUT2D eigenvalue weighted by Gasteiger charge is -2.17. The van der Waals surface area contributed by atoms with Crippen molar-refractivity contribution >= 4 is 23.4 Å². The van der Waals surface area contributed by atoms with Crippen LogP contribution >= 0.6 is 11.8 Å². The fourth-order valence-corrected chi connectivity index (χ4v) is 2.81. The van der Waals surface area contributed by atoms with E-state index in [1.807, 2.05) is 36.4 Å². The molecule has 1 atom stereocenters. The van der Waals surface area contributed by atoms with Crippen LogP contribution in [0.2, 0.25) is 0 Å². The summed E-state index contributed by atoms with van der Waals surface area (Å²) in [4.78, 5) is 13.4. The van der Waals surface area contributed by atoms with Gasteiger partial charge in [0.1, 0.15) is 0 Å². The lowest BCUT2D eigenvalue weighted by molar-refractivity contribution is -0.122. The van der Waals surface area contributed by atoms with Crippen molar-refractivity contribution < 1.29 is 14.3 Å². The molecule has 0 unspecified atom stereocenters. The van der Waals surface area contributed by atoms with Gasteiger partial charge < -0.3 is 14.8 Å². The summed E-state index contributed by atoms with van der Waals surface area (Å²) in [5.74, 6) is 1.91. The molecule has 0 saturated heterocycles. The zero-order valence-corrected chi connectivity index (χ0v) is 14.4. The van der Waals surface area contributed by atoms with E-state index in [1.54, 1.807) is 37.9 Å². The van der Waals surface area contributed by atoms with Gasteiger partial charge in [0.25, 0.3) is 5.91 Å². The Hall–Kier alpha value is -2.14. The monoisotopic (exact) mass is 331 g/mol. The van der Waals surface area contributed by atoms with Crippen LogP contribution in [-0.2, 0) is 4.79 Å². The first-order valence-corrected chi connectivity index (χ1v) is 8.46. The number of anilines is 1. The Balaban J connectivity index is 2.06. The lowest BCUT2D eigenvalue weighted by Crippen LogP contribution is -2.30. The Kier molecular flexibility index (Phi) is 6.35. The van der Waals surface area contributed by atoms with Gasteiger partial charge in [0.2, 0.25) is 0 Å². The van der Waals surface area contributed by atoms with E-state index in [9.17, 15) is 4.79 Å². The number of rotatable bonds is 7. The highest BCUT2D eigenvalue weighted by molar-refractivity contribution is 7.99. The molecule has 0 saturated carbocycles. The lowest BCUT2D eigenvalue weighted by atomic mass is 10.3. The maximum Gasteiger partial charge on any atom is 0.265 e. The number of carbonyl (C=O) groups is 1. The number of amides is 1. The quantitative estimate of drug-likeness (QED) is 0.772. The second-order valence-corrected chi connectivity index (χ2v) is 6.14. The molecule has 2 aromatic rings. The molecule has 2 aromatic carbocycles. The number of para-hydroxylation sites is 3. The largest absolute Gasteiger partial charge is 0.493 e. The Labute approximate surface area is 141 Å². The van der Waals surface area contributed by atoms with E-state index in [4.69, 9.17) is 9.47 Å². The number of nitrogens with one attached hydrogen (secondary N) is 1. The van der Waals surface area contributed by atoms with Crippen molar-refractivity contribution in [2.45, 2.75) is 24.8 Å². The number of benzene rings is 2. The van der Waals surface area contributed by atoms with Gasteiger partial charge in [0.05, 0.1) is 12.8 Å². The molecule has 122 valence electrons. The number of thioether (sulfide) groups is 1. The third kappa shape index (κ3) is 4.66. The minimum atomic E-state index is -0.633. The van der Waals surface area contributed by atoms with Crippen LogP contribution in [0.4, 0.5) is 5.69 Å². The molecule has 1 N–H and O–H groups in total. The van der Waals surface area contributed by atoms with E-state index in [0.29, 0.717) is 11.5 Å². The predicted molar refractivity (Wildman–Crippen MR) is 94.6 cm³/mol. The van der Waals surface area contributed by atoms with Crippen LogP contribution in [0.25, 0.3) is 0 Å². The van der Waals surface area contributed by atoms with Gasteiger partial charge >= 0.3 is 0 Å². The highest BCUT2D eigenvalue weighted by Crippen LogP contribution is 2.28. The second kappa shape index (κ2) is 8.48. The molecule has 0 aliphatic heterocycles. The number of ether oxygens (including phenoxy) is 2. The molecular weight excluding hydrogens is 310 g/mol. The fourth-order valence-electron chi connectivity index (χ4n) is 2.05. The van der Waals surface area contributed by atoms with Crippen LogP contribution in [0.3, 0.4) is 0 Å². The van der Waals surface area contributed by atoms with Gasteiger partial charge in [-0.25, -0.2) is 0 Å². The predicted octanol–water partition coefficient (Wildman–Crippen LogP) is 4.21. The van der Waals surface area contributed by atoms with Crippen molar-refractivity contribution in [1.82, 2.24) is 0 Å². The van der Waals surface area contributed by atoms with Gasteiger partial charge in [0, 0.05) is 4.90 Å². The average molecular weight is 331 g/mol. The SMILES string of the molecule is CCSc1ccccc1NC(=O)[C@@H](C)Oc1ccccc1OC. The van der Waals surface area contributed by atoms with Gasteiger partial charge in [-0.15, -0.1) is 11.8 Å². The maximum atomic E-state index is 12.4. The van der Waals surface area contributed by atoms with E-state index < -0.39 is 6.10 Å². The number of methoxy groups -OCH3 is 1. The zero-order valence-electron chi connectivity index (χ0n) is 13.5. The van der Waals surface area contributed by atoms with Crippen LogP contribution in [0.15, 0.2) is 53.4 Å². The highest BCUT2D eigenvalue weighted by atomic mass is 32.2. The number of carbonyl (C=O) groups excluding carboxylic acids is 1. The molecule has 0 aliphatic rings. The minimum absolute atomic E-state index is 0.194. The van der Waals surface area contributed by atoms with Crippen molar-refractivity contribution in [3.63, 3.8) is 0 Å². The van der Waals surface area contributed by atoms with E-state index in [0.717, 1.165) is 16.3 Å². The molecule has 2 rings (SSSR count). The minimum Gasteiger partial charge on any atom is -0.493 e. The molecule has 23 heavy (non-hydrogen) atoms. The number of hydrogen-bond acceptors (Lipinski definition) is 4. The van der Waals surface area contributed by atoms with Gasteiger partial charge in [-0.1, -0.05) is 31.2 Å². The summed E-state index contributed by atoms with van der Waals surface area (Å²) in [5, 5.41) is 2.93. The van der Waals surface area contributed by atoms with Crippen LogP contribution in [-0.4, -0.2) is 24.9 Å². The molecule has 0 heterocycles. The van der Waals surface area contributed by atoms with Crippen molar-refractivity contribution in [1.29, 1.82) is 0 Å². The van der Waals surface area contributed by atoms with Crippen LogP contribution in [0.1, 0.15) is 13.8 Å². The maximum absolute atomic E-state index is 12.4. The molecule has 0 bridgehead atoms. The highest BCUT2D eigenvalue weighted by Gasteiger charge is 2.17. The van der Waals surface area contributed by atoms with Crippen molar-refractivity contribution in [3.8, 4) is 11.5 Å². The Morgan fingerprint density at radius 2 is 1.78 bits per heavy atom. The molecule has 0 aliphatic carbocycles. The van der Waals surface area contributed by atoms with Crippen molar-refractivity contribution in [2.24, 2.45) is 0 Å². The van der Waals surface area contributed by atoms with E-state index in [2.05, 4.69) is 12.2 Å². The second-order valence-electron chi connectivity index (χ2n) is 4.83. The Morgan fingerprint density at radius 1 is 1.13 bits per heavy atom. The summed E-state index contributed by atoms with van der Waals surface area (Å²) >= 11 is 1.69. The summed E-state index contributed by atoms with van der Waals surface area (Å²) in [6, 6.07) is 15.0. The molecule has 0 fully saturated rings. The third-order valence-electron chi connectivity index (χ3n) is 3.19. The topological polar surface area (TPSA) is 47.6 Å². The van der Waals surface area contributed by atoms with E-state index in [1.165, 1.54) is 0 Å². The molecule has 0 aromatic heterocycles. The van der Waals surface area contributed by atoms with Gasteiger partial charge in [-0.3, -0.25) is 4.79 Å². The summed E-state index contributed by atoms with van der Waals surface area (Å²) in [6.07, 6.45) is -0.633. The molecule has 1 amide bonds. The first kappa shape index (κ1) is 17.2. The average Bonchev–Trinajstić information content (AvgIpc) is 2.57. The summed E-state index contributed by atoms with van der Waals surface area (Å²) in [6.45, 7) is 3.80. The van der Waals surface area contributed by atoms with Crippen LogP contribution < -0.4 is 14.8 Å². The zero-order chi connectivity index (χ0) is 16.7. The molecule has 0 spiro atoms. The summed E-state index contributed by atoms with van der Waals surface area (Å²) in [7, 11) is 1.57. The van der Waals surface area contributed by atoms with E-state index >= 15 is 0 Å². The normalized spacial score (nSPS) is 11.6. The van der Waals surface area contributed by atoms with Crippen molar-refractivity contribution in [2.75, 3.05) is 18.2 Å². The summed E-state index contributed by atoms with van der Waals surface area (Å²) < 4.78 is 11.0.